The standard InChI is InChI=1S/C20H31N3O3/c1-6-21(16(2)24)15-17-9-7-8-10-18(17)22-11-13-23(14-12-22)19(25)26-20(3,4)5/h7-10H,6,11-15H2,1-5H3. The molecule has 2 amide bonds. The first-order chi connectivity index (χ1) is 12.2. The molecule has 1 saturated heterocycles. The molecule has 1 aliphatic rings. The molecule has 1 fully saturated rings. The smallest absolute Gasteiger partial charge is 0.410 e. The summed E-state index contributed by atoms with van der Waals surface area (Å²) in [4.78, 5) is 29.9. The van der Waals surface area contributed by atoms with E-state index in [2.05, 4.69) is 17.0 Å². The van der Waals surface area contributed by atoms with Crippen molar-refractivity contribution >= 4 is 17.7 Å². The molecule has 0 N–H and O–H groups in total. The summed E-state index contributed by atoms with van der Waals surface area (Å²) >= 11 is 0. The Bertz CT molecular complexity index is 631. The van der Waals surface area contributed by atoms with Crippen LogP contribution in [-0.4, -0.2) is 60.1 Å². The Morgan fingerprint density at radius 1 is 1.12 bits per heavy atom. The van der Waals surface area contributed by atoms with E-state index in [1.165, 1.54) is 0 Å². The molecule has 1 aromatic carbocycles. The minimum atomic E-state index is -0.475. The van der Waals surface area contributed by atoms with E-state index in [1.54, 1.807) is 11.8 Å². The van der Waals surface area contributed by atoms with E-state index in [9.17, 15) is 9.59 Å². The lowest BCUT2D eigenvalue weighted by Crippen LogP contribution is -2.50. The maximum absolute atomic E-state index is 12.2. The van der Waals surface area contributed by atoms with E-state index in [1.807, 2.05) is 44.7 Å². The topological polar surface area (TPSA) is 53.1 Å². The Hall–Kier alpha value is -2.24. The van der Waals surface area contributed by atoms with Crippen LogP contribution in [-0.2, 0) is 16.1 Å². The third-order valence-corrected chi connectivity index (χ3v) is 4.45. The first-order valence-corrected chi connectivity index (χ1v) is 9.27. The number of carbonyl (C=O) groups excluding carboxylic acids is 2. The van der Waals surface area contributed by atoms with Crippen LogP contribution < -0.4 is 4.90 Å². The van der Waals surface area contributed by atoms with Crippen LogP contribution in [0.15, 0.2) is 24.3 Å². The lowest BCUT2D eigenvalue weighted by Gasteiger charge is -2.37. The zero-order chi connectivity index (χ0) is 19.3. The number of benzene rings is 1. The third-order valence-electron chi connectivity index (χ3n) is 4.45. The van der Waals surface area contributed by atoms with Gasteiger partial charge in [0.1, 0.15) is 5.60 Å². The number of piperazine rings is 1. The average molecular weight is 361 g/mol. The van der Waals surface area contributed by atoms with E-state index >= 15 is 0 Å². The first kappa shape index (κ1) is 20.1. The Kier molecular flexibility index (Phi) is 6.51. The van der Waals surface area contributed by atoms with Crippen molar-refractivity contribution in [1.29, 1.82) is 0 Å². The van der Waals surface area contributed by atoms with Crippen LogP contribution in [0.3, 0.4) is 0 Å². The maximum atomic E-state index is 12.2. The molecule has 0 bridgehead atoms. The fourth-order valence-electron chi connectivity index (χ4n) is 3.06. The van der Waals surface area contributed by atoms with Gasteiger partial charge in [-0.05, 0) is 39.3 Å². The average Bonchev–Trinajstić information content (AvgIpc) is 2.58. The van der Waals surface area contributed by atoms with Gasteiger partial charge < -0.3 is 19.4 Å². The number of rotatable bonds is 4. The highest BCUT2D eigenvalue weighted by molar-refractivity contribution is 5.73. The van der Waals surface area contributed by atoms with Gasteiger partial charge in [-0.15, -0.1) is 0 Å². The van der Waals surface area contributed by atoms with Gasteiger partial charge in [-0.2, -0.15) is 0 Å². The van der Waals surface area contributed by atoms with Gasteiger partial charge in [0.25, 0.3) is 0 Å². The molecule has 0 aromatic heterocycles. The summed E-state index contributed by atoms with van der Waals surface area (Å²) in [7, 11) is 0. The molecule has 0 spiro atoms. The quantitative estimate of drug-likeness (QED) is 0.827. The zero-order valence-corrected chi connectivity index (χ0v) is 16.6. The second-order valence-electron chi connectivity index (χ2n) is 7.62. The van der Waals surface area contributed by atoms with Gasteiger partial charge in [0.2, 0.25) is 5.91 Å². The van der Waals surface area contributed by atoms with Crippen LogP contribution in [0.5, 0.6) is 0 Å². The van der Waals surface area contributed by atoms with E-state index in [0.717, 1.165) is 24.3 Å². The van der Waals surface area contributed by atoms with Gasteiger partial charge in [-0.1, -0.05) is 18.2 Å². The van der Waals surface area contributed by atoms with Crippen molar-refractivity contribution in [3.05, 3.63) is 29.8 Å². The van der Waals surface area contributed by atoms with Crippen LogP contribution in [0.25, 0.3) is 0 Å². The van der Waals surface area contributed by atoms with E-state index in [-0.39, 0.29) is 12.0 Å². The molecule has 26 heavy (non-hydrogen) atoms. The summed E-state index contributed by atoms with van der Waals surface area (Å²) in [5.41, 5.74) is 1.79. The van der Waals surface area contributed by atoms with Gasteiger partial charge in [-0.3, -0.25) is 4.79 Å². The fourth-order valence-corrected chi connectivity index (χ4v) is 3.06. The Morgan fingerprint density at radius 3 is 2.27 bits per heavy atom. The molecule has 1 aliphatic heterocycles. The number of para-hydroxylation sites is 1. The van der Waals surface area contributed by atoms with Gasteiger partial charge in [-0.25, -0.2) is 4.79 Å². The molecule has 0 radical (unpaired) electrons. The molecule has 0 atom stereocenters. The van der Waals surface area contributed by atoms with Gasteiger partial charge in [0.05, 0.1) is 0 Å². The van der Waals surface area contributed by atoms with Crippen molar-refractivity contribution in [3.8, 4) is 0 Å². The molecule has 0 aliphatic carbocycles. The summed E-state index contributed by atoms with van der Waals surface area (Å²) in [5, 5.41) is 0. The number of nitrogens with zero attached hydrogens (tertiary/aromatic N) is 3. The largest absolute Gasteiger partial charge is 0.444 e. The molecule has 6 nitrogen and oxygen atoms in total. The minimum absolute atomic E-state index is 0.0806. The van der Waals surface area contributed by atoms with Gasteiger partial charge >= 0.3 is 6.09 Å². The number of anilines is 1. The van der Waals surface area contributed by atoms with Gasteiger partial charge in [0.15, 0.2) is 0 Å². The highest BCUT2D eigenvalue weighted by Gasteiger charge is 2.26. The number of carbonyl (C=O) groups is 2. The van der Waals surface area contributed by atoms with Crippen molar-refractivity contribution in [2.45, 2.75) is 46.8 Å². The molecule has 144 valence electrons. The highest BCUT2D eigenvalue weighted by atomic mass is 16.6. The summed E-state index contributed by atoms with van der Waals surface area (Å²) in [5.74, 6) is 0.0806. The number of hydrogen-bond acceptors (Lipinski definition) is 4. The van der Waals surface area contributed by atoms with E-state index < -0.39 is 5.60 Å². The van der Waals surface area contributed by atoms with Crippen LogP contribution in [0, 0.1) is 0 Å². The summed E-state index contributed by atoms with van der Waals surface area (Å²) in [6.07, 6.45) is -0.251. The number of amides is 2. The summed E-state index contributed by atoms with van der Waals surface area (Å²) < 4.78 is 5.46. The molecular formula is C20H31N3O3. The Morgan fingerprint density at radius 2 is 1.73 bits per heavy atom. The molecule has 1 aromatic rings. The fraction of sp³-hybridized carbons (Fsp3) is 0.600. The molecule has 0 unspecified atom stereocenters. The zero-order valence-electron chi connectivity index (χ0n) is 16.6. The van der Waals surface area contributed by atoms with Crippen LogP contribution in [0.4, 0.5) is 10.5 Å². The Labute approximate surface area is 156 Å². The lowest BCUT2D eigenvalue weighted by molar-refractivity contribution is -0.129. The molecule has 0 saturated carbocycles. The summed E-state index contributed by atoms with van der Waals surface area (Å²) in [6.45, 7) is 13.3. The highest BCUT2D eigenvalue weighted by Crippen LogP contribution is 2.24. The van der Waals surface area contributed by atoms with Crippen molar-refractivity contribution < 1.29 is 14.3 Å². The lowest BCUT2D eigenvalue weighted by atomic mass is 10.1. The predicted molar refractivity (Wildman–Crippen MR) is 103 cm³/mol. The number of ether oxygens (including phenoxy) is 1. The van der Waals surface area contributed by atoms with Crippen molar-refractivity contribution in [2.75, 3.05) is 37.6 Å². The van der Waals surface area contributed by atoms with E-state index in [0.29, 0.717) is 26.2 Å². The van der Waals surface area contributed by atoms with Gasteiger partial charge in [0, 0.05) is 51.9 Å². The summed E-state index contributed by atoms with van der Waals surface area (Å²) in [6, 6.07) is 8.18. The minimum Gasteiger partial charge on any atom is -0.444 e. The number of hydrogen-bond donors (Lipinski definition) is 0. The van der Waals surface area contributed by atoms with Crippen molar-refractivity contribution in [3.63, 3.8) is 0 Å². The molecule has 1 heterocycles. The predicted octanol–water partition coefficient (Wildman–Crippen LogP) is 3.11. The molecule has 6 heteroatoms. The van der Waals surface area contributed by atoms with Crippen LogP contribution in [0.2, 0.25) is 0 Å². The van der Waals surface area contributed by atoms with Crippen LogP contribution in [0.1, 0.15) is 40.2 Å². The second kappa shape index (κ2) is 8.43. The Balaban J connectivity index is 2.03. The SMILES string of the molecule is CCN(Cc1ccccc1N1CCN(C(=O)OC(C)(C)C)CC1)C(C)=O. The maximum Gasteiger partial charge on any atom is 0.410 e. The first-order valence-electron chi connectivity index (χ1n) is 9.27. The normalized spacial score (nSPS) is 15.0. The van der Waals surface area contributed by atoms with E-state index in [4.69, 9.17) is 4.74 Å². The molecular weight excluding hydrogens is 330 g/mol. The third kappa shape index (κ3) is 5.38. The monoisotopic (exact) mass is 361 g/mol. The van der Waals surface area contributed by atoms with Crippen molar-refractivity contribution in [1.82, 2.24) is 9.80 Å². The van der Waals surface area contributed by atoms with Crippen molar-refractivity contribution in [2.24, 2.45) is 0 Å². The molecule has 2 rings (SSSR count). The van der Waals surface area contributed by atoms with Crippen LogP contribution >= 0.6 is 0 Å². The second-order valence-corrected chi connectivity index (χ2v) is 7.62.